The highest BCUT2D eigenvalue weighted by molar-refractivity contribution is 9.11. The molecule has 0 atom stereocenters. The Bertz CT molecular complexity index is 681. The van der Waals surface area contributed by atoms with Crippen molar-refractivity contribution in [3.8, 4) is 11.5 Å². The number of aromatic hydroxyl groups is 1. The van der Waals surface area contributed by atoms with E-state index in [1.165, 1.54) is 19.2 Å². The third-order valence-electron chi connectivity index (χ3n) is 2.69. The summed E-state index contributed by atoms with van der Waals surface area (Å²) in [6.07, 6.45) is 0. The van der Waals surface area contributed by atoms with E-state index < -0.39 is 0 Å². The fourth-order valence-corrected chi connectivity index (χ4v) is 4.14. The predicted octanol–water partition coefficient (Wildman–Crippen LogP) is 4.94. The van der Waals surface area contributed by atoms with Gasteiger partial charge in [0.2, 0.25) is 0 Å². The zero-order valence-electron chi connectivity index (χ0n) is 10.8. The molecule has 2 aromatic carbocycles. The third-order valence-corrected chi connectivity index (χ3v) is 4.40. The summed E-state index contributed by atoms with van der Waals surface area (Å²) in [6, 6.07) is 8.12. The summed E-state index contributed by atoms with van der Waals surface area (Å²) in [5.74, 6) is -0.103. The Morgan fingerprint density at radius 1 is 1.14 bits per heavy atom. The second-order valence-electron chi connectivity index (χ2n) is 4.09. The molecule has 0 fully saturated rings. The van der Waals surface area contributed by atoms with Crippen LogP contribution in [0.25, 0.3) is 0 Å². The number of hydrogen-bond donors (Lipinski definition) is 2. The topological polar surface area (TPSA) is 58.6 Å². The van der Waals surface area contributed by atoms with Crippen molar-refractivity contribution in [3.63, 3.8) is 0 Å². The Kier molecular flexibility index (Phi) is 5.29. The molecule has 7 heteroatoms. The number of amides is 1. The van der Waals surface area contributed by atoms with Crippen molar-refractivity contribution in [2.24, 2.45) is 0 Å². The van der Waals surface area contributed by atoms with E-state index in [1.807, 2.05) is 12.1 Å². The summed E-state index contributed by atoms with van der Waals surface area (Å²) in [4.78, 5) is 12.2. The van der Waals surface area contributed by atoms with Gasteiger partial charge < -0.3 is 15.2 Å². The SMILES string of the molecule is COc1ccc(C(=O)Nc2c(Br)cc(Br)cc2Br)cc1O. The molecule has 2 rings (SSSR count). The lowest BCUT2D eigenvalue weighted by Gasteiger charge is -2.11. The van der Waals surface area contributed by atoms with E-state index in [0.717, 1.165) is 13.4 Å². The zero-order valence-corrected chi connectivity index (χ0v) is 15.5. The first-order valence-electron chi connectivity index (χ1n) is 5.75. The molecule has 0 unspecified atom stereocenters. The van der Waals surface area contributed by atoms with Gasteiger partial charge in [-0.1, -0.05) is 15.9 Å². The molecule has 110 valence electrons. The predicted molar refractivity (Wildman–Crippen MR) is 92.2 cm³/mol. The summed E-state index contributed by atoms with van der Waals surface area (Å²) < 4.78 is 7.29. The summed E-state index contributed by atoms with van der Waals surface area (Å²) in [5.41, 5.74) is 0.938. The number of carbonyl (C=O) groups excluding carboxylic acids is 1. The molecule has 0 aliphatic heterocycles. The molecule has 21 heavy (non-hydrogen) atoms. The van der Waals surface area contributed by atoms with E-state index in [0.29, 0.717) is 17.0 Å². The van der Waals surface area contributed by atoms with Crippen molar-refractivity contribution in [1.82, 2.24) is 0 Å². The molecule has 0 bridgehead atoms. The minimum Gasteiger partial charge on any atom is -0.504 e. The van der Waals surface area contributed by atoms with Gasteiger partial charge in [0, 0.05) is 19.0 Å². The highest BCUT2D eigenvalue weighted by Crippen LogP contribution is 2.35. The van der Waals surface area contributed by atoms with E-state index in [2.05, 4.69) is 53.1 Å². The Balaban J connectivity index is 2.28. The van der Waals surface area contributed by atoms with E-state index in [9.17, 15) is 9.90 Å². The maximum atomic E-state index is 12.2. The summed E-state index contributed by atoms with van der Waals surface area (Å²) in [6.45, 7) is 0. The van der Waals surface area contributed by atoms with Crippen LogP contribution in [0.3, 0.4) is 0 Å². The molecule has 2 aromatic rings. The molecule has 0 heterocycles. The molecule has 0 spiro atoms. The van der Waals surface area contributed by atoms with Crippen molar-refractivity contribution in [2.45, 2.75) is 0 Å². The van der Waals surface area contributed by atoms with Crippen LogP contribution in [0.5, 0.6) is 11.5 Å². The highest BCUT2D eigenvalue weighted by Gasteiger charge is 2.14. The van der Waals surface area contributed by atoms with Crippen LogP contribution in [0.15, 0.2) is 43.7 Å². The normalized spacial score (nSPS) is 10.3. The van der Waals surface area contributed by atoms with Crippen molar-refractivity contribution >= 4 is 59.4 Å². The second-order valence-corrected chi connectivity index (χ2v) is 6.71. The molecular formula is C14H10Br3NO3. The monoisotopic (exact) mass is 477 g/mol. The van der Waals surface area contributed by atoms with Gasteiger partial charge >= 0.3 is 0 Å². The van der Waals surface area contributed by atoms with Gasteiger partial charge in [-0.25, -0.2) is 0 Å². The molecule has 1 amide bonds. The van der Waals surface area contributed by atoms with E-state index in [1.54, 1.807) is 6.07 Å². The van der Waals surface area contributed by atoms with Gasteiger partial charge in [0.25, 0.3) is 5.91 Å². The standard InChI is InChI=1S/C14H10Br3NO3/c1-21-12-3-2-7(4-11(12)19)14(20)18-13-9(16)5-8(15)6-10(13)17/h2-6,19H,1H3,(H,18,20). The second kappa shape index (κ2) is 6.81. The smallest absolute Gasteiger partial charge is 0.255 e. The van der Waals surface area contributed by atoms with Crippen molar-refractivity contribution < 1.29 is 14.6 Å². The van der Waals surface area contributed by atoms with Crippen LogP contribution in [-0.4, -0.2) is 18.1 Å². The molecule has 2 N–H and O–H groups in total. The molecule has 4 nitrogen and oxygen atoms in total. The number of carbonyl (C=O) groups is 1. The lowest BCUT2D eigenvalue weighted by atomic mass is 10.2. The van der Waals surface area contributed by atoms with Crippen molar-refractivity contribution in [1.29, 1.82) is 0 Å². The molecule has 0 aliphatic carbocycles. The number of hydrogen-bond acceptors (Lipinski definition) is 3. The summed E-state index contributed by atoms with van der Waals surface area (Å²) in [5, 5.41) is 12.5. The number of anilines is 1. The van der Waals surface area contributed by atoms with Crippen LogP contribution in [0.1, 0.15) is 10.4 Å². The Morgan fingerprint density at radius 3 is 2.29 bits per heavy atom. The van der Waals surface area contributed by atoms with Crippen LogP contribution < -0.4 is 10.1 Å². The minimum absolute atomic E-state index is 0.0842. The first-order chi connectivity index (χ1) is 9.92. The molecular weight excluding hydrogens is 470 g/mol. The Hall–Kier alpha value is -1.05. The van der Waals surface area contributed by atoms with Crippen molar-refractivity contribution in [3.05, 3.63) is 49.3 Å². The van der Waals surface area contributed by atoms with Crippen LogP contribution in [0, 0.1) is 0 Å². The lowest BCUT2D eigenvalue weighted by molar-refractivity contribution is 0.102. The maximum absolute atomic E-state index is 12.2. The Labute approximate surface area is 146 Å². The first-order valence-corrected chi connectivity index (χ1v) is 8.13. The number of benzene rings is 2. The van der Waals surface area contributed by atoms with Gasteiger partial charge in [-0.05, 0) is 62.2 Å². The molecule has 0 radical (unpaired) electrons. The van der Waals surface area contributed by atoms with Gasteiger partial charge in [0.15, 0.2) is 11.5 Å². The van der Waals surface area contributed by atoms with Gasteiger partial charge in [-0.3, -0.25) is 4.79 Å². The van der Waals surface area contributed by atoms with Gasteiger partial charge in [-0.2, -0.15) is 0 Å². The van der Waals surface area contributed by atoms with E-state index >= 15 is 0 Å². The molecule has 0 saturated heterocycles. The average Bonchev–Trinajstić information content (AvgIpc) is 2.42. The summed E-state index contributed by atoms with van der Waals surface area (Å²) >= 11 is 10.1. The first kappa shape index (κ1) is 16.3. The fourth-order valence-electron chi connectivity index (χ4n) is 1.68. The molecule has 0 saturated carbocycles. The molecule has 0 aliphatic rings. The number of ether oxygens (including phenoxy) is 1. The van der Waals surface area contributed by atoms with E-state index in [-0.39, 0.29) is 11.7 Å². The lowest BCUT2D eigenvalue weighted by Crippen LogP contribution is -2.12. The number of phenolic OH excluding ortho intramolecular Hbond substituents is 1. The van der Waals surface area contributed by atoms with Crippen LogP contribution in [0.2, 0.25) is 0 Å². The number of nitrogens with one attached hydrogen (secondary N) is 1. The summed E-state index contributed by atoms with van der Waals surface area (Å²) in [7, 11) is 1.45. The Morgan fingerprint density at radius 2 is 1.76 bits per heavy atom. The number of phenols is 1. The van der Waals surface area contributed by atoms with Crippen LogP contribution in [0.4, 0.5) is 5.69 Å². The number of rotatable bonds is 3. The maximum Gasteiger partial charge on any atom is 0.255 e. The number of halogens is 3. The minimum atomic E-state index is -0.336. The largest absolute Gasteiger partial charge is 0.504 e. The van der Waals surface area contributed by atoms with Crippen molar-refractivity contribution in [2.75, 3.05) is 12.4 Å². The number of methoxy groups -OCH3 is 1. The quantitative estimate of drug-likeness (QED) is 0.655. The third kappa shape index (κ3) is 3.78. The van der Waals surface area contributed by atoms with Crippen LogP contribution >= 0.6 is 47.8 Å². The zero-order chi connectivity index (χ0) is 15.6. The molecule has 0 aromatic heterocycles. The fraction of sp³-hybridized carbons (Fsp3) is 0.0714. The average molecular weight is 480 g/mol. The van der Waals surface area contributed by atoms with Crippen LogP contribution in [-0.2, 0) is 0 Å². The van der Waals surface area contributed by atoms with Gasteiger partial charge in [-0.15, -0.1) is 0 Å². The highest BCUT2D eigenvalue weighted by atomic mass is 79.9. The van der Waals surface area contributed by atoms with Gasteiger partial charge in [0.05, 0.1) is 12.8 Å². The van der Waals surface area contributed by atoms with E-state index in [4.69, 9.17) is 4.74 Å². The van der Waals surface area contributed by atoms with Gasteiger partial charge in [0.1, 0.15) is 0 Å².